The summed E-state index contributed by atoms with van der Waals surface area (Å²) in [4.78, 5) is 23.1. The van der Waals surface area contributed by atoms with Gasteiger partial charge in [0.05, 0.1) is 5.41 Å². The topological polar surface area (TPSA) is 67.4 Å². The van der Waals surface area contributed by atoms with Crippen LogP contribution in [0.5, 0.6) is 5.88 Å². The van der Waals surface area contributed by atoms with Crippen LogP contribution in [0.15, 0.2) is 36.7 Å². The standard InChI is InChI=1S/C24H29F3N4O2/c1-23(2,14-33-21-17(15-6-7-15)5-4-10-28-21)22(32)30-19-13-31(3)12-18(19)16-8-9-20(29-11-16)24(25,26)27/h4-5,8-11,15,18-19H,6-7,12-14H2,1-3H3,(H,30,32). The van der Waals surface area contributed by atoms with E-state index in [0.29, 0.717) is 30.5 Å². The molecule has 3 heterocycles. The van der Waals surface area contributed by atoms with Crippen molar-refractivity contribution < 1.29 is 22.7 Å². The van der Waals surface area contributed by atoms with Crippen molar-refractivity contribution >= 4 is 5.91 Å². The maximum atomic E-state index is 13.1. The summed E-state index contributed by atoms with van der Waals surface area (Å²) in [5.41, 5.74) is 0.0226. The van der Waals surface area contributed by atoms with E-state index in [9.17, 15) is 18.0 Å². The Bertz CT molecular complexity index is 990. The summed E-state index contributed by atoms with van der Waals surface area (Å²) in [5, 5.41) is 3.10. The van der Waals surface area contributed by atoms with Gasteiger partial charge in [0.25, 0.3) is 0 Å². The second-order valence-corrected chi connectivity index (χ2v) is 9.73. The third-order valence-corrected chi connectivity index (χ3v) is 6.33. The first-order chi connectivity index (χ1) is 15.5. The smallest absolute Gasteiger partial charge is 0.433 e. The number of rotatable bonds is 7. The summed E-state index contributed by atoms with van der Waals surface area (Å²) in [7, 11) is 1.92. The molecule has 9 heteroatoms. The molecule has 0 aromatic carbocycles. The number of halogens is 3. The highest BCUT2D eigenvalue weighted by atomic mass is 19.4. The third-order valence-electron chi connectivity index (χ3n) is 6.33. The minimum Gasteiger partial charge on any atom is -0.476 e. The number of likely N-dealkylation sites (N-methyl/N-ethyl adjacent to an activating group) is 1. The SMILES string of the molecule is CN1CC(NC(=O)C(C)(C)COc2ncccc2C2CC2)C(c2ccc(C(F)(F)F)nc2)C1. The minimum atomic E-state index is -4.48. The number of pyridine rings is 2. The molecule has 2 aromatic heterocycles. The summed E-state index contributed by atoms with van der Waals surface area (Å²) < 4.78 is 44.6. The van der Waals surface area contributed by atoms with Crippen LogP contribution >= 0.6 is 0 Å². The highest BCUT2D eigenvalue weighted by Crippen LogP contribution is 2.43. The van der Waals surface area contributed by atoms with Gasteiger partial charge in [0, 0.05) is 43.0 Å². The predicted molar refractivity (Wildman–Crippen MR) is 117 cm³/mol. The molecule has 0 radical (unpaired) electrons. The number of nitrogens with zero attached hydrogens (tertiary/aromatic N) is 3. The molecule has 0 spiro atoms. The average Bonchev–Trinajstić information content (AvgIpc) is 3.55. The molecule has 2 aliphatic rings. The van der Waals surface area contributed by atoms with Crippen molar-refractivity contribution in [2.24, 2.45) is 5.41 Å². The second kappa shape index (κ2) is 8.93. The van der Waals surface area contributed by atoms with Gasteiger partial charge >= 0.3 is 6.18 Å². The zero-order valence-electron chi connectivity index (χ0n) is 19.0. The van der Waals surface area contributed by atoms with Crippen molar-refractivity contribution in [1.29, 1.82) is 0 Å². The molecule has 1 aliphatic heterocycles. The lowest BCUT2D eigenvalue weighted by Crippen LogP contribution is -2.48. The fourth-order valence-electron chi connectivity index (χ4n) is 4.18. The number of nitrogens with one attached hydrogen (secondary N) is 1. The average molecular weight is 463 g/mol. The molecule has 2 aromatic rings. The van der Waals surface area contributed by atoms with E-state index in [-0.39, 0.29) is 24.5 Å². The van der Waals surface area contributed by atoms with Crippen LogP contribution in [-0.2, 0) is 11.0 Å². The molecule has 0 bridgehead atoms. The van der Waals surface area contributed by atoms with Crippen molar-refractivity contribution in [1.82, 2.24) is 20.2 Å². The molecule has 1 saturated heterocycles. The molecular formula is C24H29F3N4O2. The van der Waals surface area contributed by atoms with Crippen molar-refractivity contribution in [2.75, 3.05) is 26.7 Å². The quantitative estimate of drug-likeness (QED) is 0.674. The zero-order chi connectivity index (χ0) is 23.8. The molecule has 2 unspecified atom stereocenters. The first-order valence-electron chi connectivity index (χ1n) is 11.1. The Morgan fingerprint density at radius 1 is 1.18 bits per heavy atom. The van der Waals surface area contributed by atoms with Gasteiger partial charge in [-0.1, -0.05) is 12.1 Å². The van der Waals surface area contributed by atoms with Crippen LogP contribution in [0.3, 0.4) is 0 Å². The molecule has 178 valence electrons. The van der Waals surface area contributed by atoms with Gasteiger partial charge in [-0.2, -0.15) is 13.2 Å². The summed E-state index contributed by atoms with van der Waals surface area (Å²) in [6, 6.07) is 6.12. The van der Waals surface area contributed by atoms with Crippen molar-refractivity contribution in [3.05, 3.63) is 53.5 Å². The molecule has 33 heavy (non-hydrogen) atoms. The lowest BCUT2D eigenvalue weighted by Gasteiger charge is -2.28. The van der Waals surface area contributed by atoms with Gasteiger partial charge < -0.3 is 15.0 Å². The van der Waals surface area contributed by atoms with Gasteiger partial charge in [-0.15, -0.1) is 0 Å². The van der Waals surface area contributed by atoms with E-state index >= 15 is 0 Å². The number of amides is 1. The normalized spacial score (nSPS) is 21.8. The molecule has 2 fully saturated rings. The summed E-state index contributed by atoms with van der Waals surface area (Å²) >= 11 is 0. The predicted octanol–water partition coefficient (Wildman–Crippen LogP) is 3.99. The minimum absolute atomic E-state index is 0.150. The lowest BCUT2D eigenvalue weighted by molar-refractivity contribution is -0.141. The number of carbonyl (C=O) groups is 1. The fraction of sp³-hybridized carbons (Fsp3) is 0.542. The molecule has 1 saturated carbocycles. The Labute approximate surface area is 191 Å². The Balaban J connectivity index is 1.41. The number of aromatic nitrogens is 2. The molecular weight excluding hydrogens is 433 g/mol. The van der Waals surface area contributed by atoms with E-state index in [1.807, 2.05) is 37.9 Å². The van der Waals surface area contributed by atoms with Crippen molar-refractivity contribution in [3.8, 4) is 5.88 Å². The second-order valence-electron chi connectivity index (χ2n) is 9.73. The number of likely N-dealkylation sites (tertiary alicyclic amines) is 1. The van der Waals surface area contributed by atoms with Gasteiger partial charge in [0.2, 0.25) is 11.8 Å². The summed E-state index contributed by atoms with van der Waals surface area (Å²) in [6.45, 7) is 5.02. The van der Waals surface area contributed by atoms with E-state index in [0.717, 1.165) is 24.5 Å². The van der Waals surface area contributed by atoms with Crippen LogP contribution in [0.1, 0.15) is 55.3 Å². The Morgan fingerprint density at radius 3 is 2.58 bits per heavy atom. The van der Waals surface area contributed by atoms with Gasteiger partial charge in [0.1, 0.15) is 12.3 Å². The number of alkyl halides is 3. The third kappa shape index (κ3) is 5.46. The monoisotopic (exact) mass is 462 g/mol. The van der Waals surface area contributed by atoms with Crippen LogP contribution < -0.4 is 10.1 Å². The maximum absolute atomic E-state index is 13.1. The molecule has 1 N–H and O–H groups in total. The van der Waals surface area contributed by atoms with Crippen LogP contribution in [-0.4, -0.2) is 53.6 Å². The first kappa shape index (κ1) is 23.5. The molecule has 1 aliphatic carbocycles. The number of hydrogen-bond donors (Lipinski definition) is 1. The van der Waals surface area contributed by atoms with E-state index in [1.54, 1.807) is 6.20 Å². The van der Waals surface area contributed by atoms with Crippen molar-refractivity contribution in [3.63, 3.8) is 0 Å². The maximum Gasteiger partial charge on any atom is 0.433 e. The first-order valence-corrected chi connectivity index (χ1v) is 11.1. The highest BCUT2D eigenvalue weighted by molar-refractivity contribution is 5.82. The van der Waals surface area contributed by atoms with Crippen LogP contribution in [0.2, 0.25) is 0 Å². The van der Waals surface area contributed by atoms with E-state index < -0.39 is 17.3 Å². The fourth-order valence-corrected chi connectivity index (χ4v) is 4.18. The van der Waals surface area contributed by atoms with Gasteiger partial charge in [-0.3, -0.25) is 9.78 Å². The van der Waals surface area contributed by atoms with E-state index in [2.05, 4.69) is 15.3 Å². The van der Waals surface area contributed by atoms with Gasteiger partial charge in [-0.05, 0) is 57.4 Å². The van der Waals surface area contributed by atoms with Gasteiger partial charge in [-0.25, -0.2) is 4.98 Å². The van der Waals surface area contributed by atoms with Crippen molar-refractivity contribution in [2.45, 2.75) is 50.7 Å². The molecule has 4 rings (SSSR count). The largest absolute Gasteiger partial charge is 0.476 e. The summed E-state index contributed by atoms with van der Waals surface area (Å²) in [6.07, 6.45) is 0.726. The zero-order valence-corrected chi connectivity index (χ0v) is 19.0. The van der Waals surface area contributed by atoms with Gasteiger partial charge in [0.15, 0.2) is 0 Å². The summed E-state index contributed by atoms with van der Waals surface area (Å²) in [5.74, 6) is 0.743. The Kier molecular flexibility index (Phi) is 6.35. The van der Waals surface area contributed by atoms with Crippen LogP contribution in [0.4, 0.5) is 13.2 Å². The van der Waals surface area contributed by atoms with Crippen LogP contribution in [0.25, 0.3) is 0 Å². The number of carbonyl (C=O) groups excluding carboxylic acids is 1. The number of ether oxygens (including phenoxy) is 1. The molecule has 6 nitrogen and oxygen atoms in total. The Morgan fingerprint density at radius 2 is 1.94 bits per heavy atom. The Hall–Kier alpha value is -2.68. The van der Waals surface area contributed by atoms with E-state index in [4.69, 9.17) is 4.74 Å². The van der Waals surface area contributed by atoms with E-state index in [1.165, 1.54) is 12.3 Å². The lowest BCUT2D eigenvalue weighted by atomic mass is 9.90. The number of hydrogen-bond acceptors (Lipinski definition) is 5. The highest BCUT2D eigenvalue weighted by Gasteiger charge is 2.38. The molecule has 1 amide bonds. The molecule has 2 atom stereocenters. The van der Waals surface area contributed by atoms with Crippen LogP contribution in [0, 0.1) is 5.41 Å².